The summed E-state index contributed by atoms with van der Waals surface area (Å²) in [6.07, 6.45) is 4.57. The summed E-state index contributed by atoms with van der Waals surface area (Å²) in [5.74, 6) is -1.57. The van der Waals surface area contributed by atoms with Gasteiger partial charge in [0.2, 0.25) is 6.29 Å². The van der Waals surface area contributed by atoms with Crippen LogP contribution in [0.3, 0.4) is 0 Å². The van der Waals surface area contributed by atoms with Crippen molar-refractivity contribution in [3.05, 3.63) is 36.0 Å². The maximum Gasteiger partial charge on any atom is 0.304 e. The zero-order valence-corrected chi connectivity index (χ0v) is 23.3. The molecule has 0 bridgehead atoms. The summed E-state index contributed by atoms with van der Waals surface area (Å²) in [6, 6.07) is 0. The molecule has 1 saturated carbocycles. The highest BCUT2D eigenvalue weighted by molar-refractivity contribution is 5.67. The highest BCUT2D eigenvalue weighted by atomic mass is 16.8. The maximum absolute atomic E-state index is 12.4. The lowest BCUT2D eigenvalue weighted by Crippen LogP contribution is -2.68. The smallest absolute Gasteiger partial charge is 0.304 e. The molecule has 1 N–H and O–H groups in total. The van der Waals surface area contributed by atoms with E-state index in [-0.39, 0.29) is 17.9 Å². The van der Waals surface area contributed by atoms with E-state index < -0.39 is 47.6 Å². The molecular formula is C29H44O8. The van der Waals surface area contributed by atoms with Gasteiger partial charge >= 0.3 is 11.9 Å². The molecule has 0 radical (unpaired) electrons. The first-order valence-electron chi connectivity index (χ1n) is 13.3. The summed E-state index contributed by atoms with van der Waals surface area (Å²) in [5.41, 5.74) is 0.0658. The molecule has 8 nitrogen and oxygen atoms in total. The monoisotopic (exact) mass is 520 g/mol. The van der Waals surface area contributed by atoms with Gasteiger partial charge in [-0.1, -0.05) is 57.6 Å². The summed E-state index contributed by atoms with van der Waals surface area (Å²) in [6.45, 7) is 15.1. The molecule has 37 heavy (non-hydrogen) atoms. The van der Waals surface area contributed by atoms with Crippen LogP contribution in [0, 0.1) is 22.7 Å². The van der Waals surface area contributed by atoms with Gasteiger partial charge in [0.05, 0.1) is 18.8 Å². The van der Waals surface area contributed by atoms with E-state index in [0.29, 0.717) is 25.0 Å². The van der Waals surface area contributed by atoms with Crippen LogP contribution in [-0.4, -0.2) is 61.7 Å². The SMILES string of the molecule is C=C/C(C)=C\C[C@]1(C)[C@H](C)[C@@H](O)C(OC(C)=O)C23C(=C[C@H](OC)C[C@H]21)[C@@H](OCCCC)O[C@H]3OC(C)=O. The van der Waals surface area contributed by atoms with Crippen LogP contribution in [0.25, 0.3) is 0 Å². The molecule has 1 saturated heterocycles. The van der Waals surface area contributed by atoms with Crippen LogP contribution in [0.1, 0.15) is 67.2 Å². The van der Waals surface area contributed by atoms with E-state index in [4.69, 9.17) is 23.7 Å². The fourth-order valence-corrected chi connectivity index (χ4v) is 6.53. The van der Waals surface area contributed by atoms with Gasteiger partial charge in [-0.05, 0) is 43.4 Å². The Kier molecular flexibility index (Phi) is 9.43. The average molecular weight is 521 g/mol. The second kappa shape index (κ2) is 11.8. The van der Waals surface area contributed by atoms with E-state index in [1.807, 2.05) is 19.9 Å². The molecule has 1 aliphatic heterocycles. The highest BCUT2D eigenvalue weighted by Gasteiger charge is 2.74. The van der Waals surface area contributed by atoms with Crippen LogP contribution >= 0.6 is 0 Å². The summed E-state index contributed by atoms with van der Waals surface area (Å²) in [4.78, 5) is 24.7. The molecule has 0 aromatic heterocycles. The van der Waals surface area contributed by atoms with Gasteiger partial charge < -0.3 is 28.8 Å². The van der Waals surface area contributed by atoms with Crippen molar-refractivity contribution < 1.29 is 38.4 Å². The van der Waals surface area contributed by atoms with E-state index in [9.17, 15) is 14.7 Å². The minimum atomic E-state index is -1.15. The van der Waals surface area contributed by atoms with E-state index in [0.717, 1.165) is 18.4 Å². The van der Waals surface area contributed by atoms with Gasteiger partial charge in [-0.2, -0.15) is 0 Å². The van der Waals surface area contributed by atoms with Crippen LogP contribution in [0.2, 0.25) is 0 Å². The van der Waals surface area contributed by atoms with Crippen molar-refractivity contribution in [1.82, 2.24) is 0 Å². The number of unbranched alkanes of at least 4 members (excludes halogenated alkanes) is 1. The summed E-state index contributed by atoms with van der Waals surface area (Å²) in [7, 11) is 1.66. The number of rotatable bonds is 10. The van der Waals surface area contributed by atoms with Crippen molar-refractivity contribution >= 4 is 11.9 Å². The number of carbonyl (C=O) groups is 2. The fraction of sp³-hybridized carbons (Fsp3) is 0.724. The molecule has 208 valence electrons. The third kappa shape index (κ3) is 5.31. The number of hydrogen-bond acceptors (Lipinski definition) is 8. The molecule has 2 fully saturated rings. The Bertz CT molecular complexity index is 925. The Labute approximate surface area is 221 Å². The number of allylic oxidation sites excluding steroid dienone is 3. The Hall–Kier alpha value is -2.00. The van der Waals surface area contributed by atoms with E-state index in [1.165, 1.54) is 13.8 Å². The average Bonchev–Trinajstić information content (AvgIpc) is 3.15. The van der Waals surface area contributed by atoms with Gasteiger partial charge in [-0.25, -0.2) is 0 Å². The predicted molar refractivity (Wildman–Crippen MR) is 138 cm³/mol. The first kappa shape index (κ1) is 29.6. The topological polar surface area (TPSA) is 101 Å². The first-order valence-corrected chi connectivity index (χ1v) is 13.3. The molecule has 0 amide bonds. The van der Waals surface area contributed by atoms with Crippen molar-refractivity contribution in [2.75, 3.05) is 13.7 Å². The highest BCUT2D eigenvalue weighted by Crippen LogP contribution is 2.67. The van der Waals surface area contributed by atoms with E-state index in [2.05, 4.69) is 26.5 Å². The molecular weight excluding hydrogens is 476 g/mol. The third-order valence-electron chi connectivity index (χ3n) is 8.75. The second-order valence-corrected chi connectivity index (χ2v) is 10.9. The van der Waals surface area contributed by atoms with Gasteiger partial charge in [0.15, 0.2) is 6.29 Å². The number of aliphatic hydroxyl groups excluding tert-OH is 1. The van der Waals surface area contributed by atoms with Gasteiger partial charge in [0.1, 0.15) is 11.5 Å². The number of esters is 2. The van der Waals surface area contributed by atoms with Crippen LogP contribution in [-0.2, 0) is 33.3 Å². The first-order chi connectivity index (χ1) is 17.5. The Morgan fingerprint density at radius 3 is 2.49 bits per heavy atom. The minimum Gasteiger partial charge on any atom is -0.459 e. The number of carbonyl (C=O) groups excluding carboxylic acids is 2. The van der Waals surface area contributed by atoms with Crippen LogP contribution < -0.4 is 0 Å². The molecule has 8 heteroatoms. The number of aliphatic hydroxyl groups is 1. The zero-order chi connectivity index (χ0) is 27.5. The summed E-state index contributed by atoms with van der Waals surface area (Å²) < 4.78 is 30.1. The Balaban J connectivity index is 2.29. The lowest BCUT2D eigenvalue weighted by molar-refractivity contribution is -0.278. The summed E-state index contributed by atoms with van der Waals surface area (Å²) >= 11 is 0. The van der Waals surface area contributed by atoms with Gasteiger partial charge in [-0.3, -0.25) is 9.59 Å². The summed E-state index contributed by atoms with van der Waals surface area (Å²) in [5, 5.41) is 11.8. The van der Waals surface area contributed by atoms with E-state index in [1.54, 1.807) is 13.2 Å². The van der Waals surface area contributed by atoms with Crippen LogP contribution in [0.15, 0.2) is 36.0 Å². The lowest BCUT2D eigenvalue weighted by Gasteiger charge is -2.62. The molecule has 2 unspecified atom stereocenters. The molecule has 1 heterocycles. The van der Waals surface area contributed by atoms with Gasteiger partial charge in [0.25, 0.3) is 0 Å². The van der Waals surface area contributed by atoms with Crippen molar-refractivity contribution in [1.29, 1.82) is 0 Å². The minimum absolute atomic E-state index is 0.245. The quantitative estimate of drug-likeness (QED) is 0.195. The largest absolute Gasteiger partial charge is 0.459 e. The molecule has 9 atom stereocenters. The van der Waals surface area contributed by atoms with Crippen molar-refractivity contribution in [3.8, 4) is 0 Å². The lowest BCUT2D eigenvalue weighted by atomic mass is 9.44. The number of methoxy groups -OCH3 is 1. The van der Waals surface area contributed by atoms with E-state index >= 15 is 0 Å². The molecule has 3 aliphatic rings. The normalized spacial score (nSPS) is 39.3. The van der Waals surface area contributed by atoms with Crippen LogP contribution in [0.4, 0.5) is 0 Å². The maximum atomic E-state index is 12.4. The fourth-order valence-electron chi connectivity index (χ4n) is 6.53. The second-order valence-electron chi connectivity index (χ2n) is 10.9. The predicted octanol–water partition coefficient (Wildman–Crippen LogP) is 4.47. The molecule has 3 rings (SSSR count). The molecule has 0 aromatic rings. The van der Waals surface area contributed by atoms with Crippen molar-refractivity contribution in [2.24, 2.45) is 22.7 Å². The zero-order valence-electron chi connectivity index (χ0n) is 23.3. The Morgan fingerprint density at radius 2 is 1.92 bits per heavy atom. The van der Waals surface area contributed by atoms with Gasteiger partial charge in [0, 0.05) is 26.5 Å². The van der Waals surface area contributed by atoms with Crippen molar-refractivity contribution in [2.45, 2.75) is 98.1 Å². The van der Waals surface area contributed by atoms with Crippen LogP contribution in [0.5, 0.6) is 0 Å². The number of hydrogen-bond donors (Lipinski definition) is 1. The standard InChI is InChI=1S/C29H44O8/c1-9-11-14-34-26-22-15-21(33-8)16-23-28(7,13-12-17(3)10-2)18(4)24(32)25(35-19(5)30)29(22,23)27(37-26)36-20(6)31/h10,12,15,18,21,23-27,32H,2,9,11,13-14,16H2,1,3-8H3/b17-12-/t18-,21+,23+,24-,25?,26+,27-,28-,29?/m1/s1. The molecule has 2 aliphatic carbocycles. The molecule has 1 spiro atoms. The number of ether oxygens (including phenoxy) is 5. The van der Waals surface area contributed by atoms with Crippen molar-refractivity contribution in [3.63, 3.8) is 0 Å². The Morgan fingerprint density at radius 1 is 1.24 bits per heavy atom. The molecule has 0 aromatic carbocycles. The van der Waals surface area contributed by atoms with Gasteiger partial charge in [-0.15, -0.1) is 0 Å². The third-order valence-corrected chi connectivity index (χ3v) is 8.75.